The van der Waals surface area contributed by atoms with Gasteiger partial charge in [-0.05, 0) is 41.1 Å². The van der Waals surface area contributed by atoms with Gasteiger partial charge in [0, 0.05) is 29.7 Å². The number of hydrogen-bond donors (Lipinski definition) is 0. The maximum absolute atomic E-state index is 12.7. The van der Waals surface area contributed by atoms with Gasteiger partial charge < -0.3 is 14.4 Å². The van der Waals surface area contributed by atoms with E-state index in [9.17, 15) is 4.79 Å². The van der Waals surface area contributed by atoms with Crippen LogP contribution in [0.25, 0.3) is 0 Å². The van der Waals surface area contributed by atoms with E-state index < -0.39 is 0 Å². The van der Waals surface area contributed by atoms with Crippen molar-refractivity contribution < 1.29 is 14.3 Å². The van der Waals surface area contributed by atoms with Gasteiger partial charge in [0.05, 0.1) is 24.8 Å². The zero-order valence-corrected chi connectivity index (χ0v) is 15.0. The minimum absolute atomic E-state index is 0.0156. The molecule has 0 aliphatic rings. The monoisotopic (exact) mass is 407 g/mol. The molecule has 0 saturated carbocycles. The van der Waals surface area contributed by atoms with Gasteiger partial charge in [0.2, 0.25) is 0 Å². The Morgan fingerprint density at radius 2 is 2.00 bits per heavy atom. The van der Waals surface area contributed by atoms with Crippen LogP contribution in [0.15, 0.2) is 27.1 Å². The van der Waals surface area contributed by atoms with Crippen LogP contribution in [0.2, 0.25) is 0 Å². The number of methoxy groups -OCH3 is 2. The quantitative estimate of drug-likeness (QED) is 0.694. The summed E-state index contributed by atoms with van der Waals surface area (Å²) in [6.07, 6.45) is 0. The first-order valence-corrected chi connectivity index (χ1v) is 7.83. The summed E-state index contributed by atoms with van der Waals surface area (Å²) in [4.78, 5) is 14.4. The van der Waals surface area contributed by atoms with Crippen LogP contribution in [0.1, 0.15) is 17.3 Å². The molecule has 0 bridgehead atoms. The molecule has 1 unspecified atom stereocenters. The fourth-order valence-corrected chi connectivity index (χ4v) is 3.08. The molecular formula is C14H19Br2NO3. The molecule has 1 aromatic carbocycles. The van der Waals surface area contributed by atoms with Crippen LogP contribution in [0.5, 0.6) is 0 Å². The van der Waals surface area contributed by atoms with Crippen molar-refractivity contribution >= 4 is 37.8 Å². The van der Waals surface area contributed by atoms with Gasteiger partial charge in [-0.15, -0.1) is 0 Å². The largest absolute Gasteiger partial charge is 0.383 e. The molecule has 0 N–H and O–H groups in total. The van der Waals surface area contributed by atoms with Crippen molar-refractivity contribution in [3.05, 3.63) is 32.7 Å². The van der Waals surface area contributed by atoms with Gasteiger partial charge >= 0.3 is 0 Å². The Morgan fingerprint density at radius 1 is 1.30 bits per heavy atom. The normalized spacial score (nSPS) is 12.2. The molecule has 6 heteroatoms. The molecule has 0 aromatic heterocycles. The van der Waals surface area contributed by atoms with Crippen molar-refractivity contribution in [3.8, 4) is 0 Å². The van der Waals surface area contributed by atoms with Crippen LogP contribution < -0.4 is 0 Å². The van der Waals surface area contributed by atoms with Gasteiger partial charge in [-0.1, -0.05) is 15.9 Å². The number of carbonyl (C=O) groups is 1. The molecule has 0 aliphatic heterocycles. The van der Waals surface area contributed by atoms with Crippen LogP contribution in [0.3, 0.4) is 0 Å². The first-order valence-electron chi connectivity index (χ1n) is 6.25. The first kappa shape index (κ1) is 17.6. The Morgan fingerprint density at radius 3 is 2.55 bits per heavy atom. The maximum Gasteiger partial charge on any atom is 0.255 e. The lowest BCUT2D eigenvalue weighted by atomic mass is 10.1. The second kappa shape index (κ2) is 8.77. The van der Waals surface area contributed by atoms with Crippen LogP contribution >= 0.6 is 31.9 Å². The molecule has 4 nitrogen and oxygen atoms in total. The average molecular weight is 409 g/mol. The minimum Gasteiger partial charge on any atom is -0.383 e. The second-order valence-electron chi connectivity index (χ2n) is 4.42. The highest BCUT2D eigenvalue weighted by Crippen LogP contribution is 2.23. The molecule has 1 atom stereocenters. The van der Waals surface area contributed by atoms with Crippen molar-refractivity contribution in [3.63, 3.8) is 0 Å². The summed E-state index contributed by atoms with van der Waals surface area (Å²) in [5.41, 5.74) is 0.632. The van der Waals surface area contributed by atoms with Crippen LogP contribution in [0, 0.1) is 0 Å². The number of halogens is 2. The number of benzene rings is 1. The molecule has 0 radical (unpaired) electrons. The minimum atomic E-state index is -0.0361. The molecule has 1 aromatic rings. The van der Waals surface area contributed by atoms with E-state index >= 15 is 0 Å². The summed E-state index contributed by atoms with van der Waals surface area (Å²) in [7, 11) is 3.25. The average Bonchev–Trinajstić information content (AvgIpc) is 2.39. The first-order chi connectivity index (χ1) is 9.51. The zero-order chi connectivity index (χ0) is 15.1. The smallest absolute Gasteiger partial charge is 0.255 e. The Labute approximate surface area is 136 Å². The van der Waals surface area contributed by atoms with Crippen LogP contribution in [0.4, 0.5) is 0 Å². The Hall–Kier alpha value is -0.430. The van der Waals surface area contributed by atoms with Gasteiger partial charge in [-0.25, -0.2) is 0 Å². The standard InChI is InChI=1S/C14H19Br2NO3/c1-10(9-20-3)17(6-7-19-2)14(18)12-5-4-11(15)8-13(12)16/h4-5,8,10H,6-7,9H2,1-3H3. The Kier molecular flexibility index (Phi) is 7.72. The molecule has 1 amide bonds. The molecule has 0 aliphatic carbocycles. The van der Waals surface area contributed by atoms with E-state index in [0.717, 1.165) is 8.95 Å². The van der Waals surface area contributed by atoms with Gasteiger partial charge in [-0.2, -0.15) is 0 Å². The number of rotatable bonds is 7. The summed E-state index contributed by atoms with van der Waals surface area (Å²) in [5, 5.41) is 0. The van der Waals surface area contributed by atoms with E-state index in [1.807, 2.05) is 19.1 Å². The number of amides is 1. The molecular weight excluding hydrogens is 390 g/mol. The van der Waals surface area contributed by atoms with E-state index in [0.29, 0.717) is 25.3 Å². The predicted octanol–water partition coefficient (Wildman–Crippen LogP) is 3.34. The molecule has 20 heavy (non-hydrogen) atoms. The van der Waals surface area contributed by atoms with Crippen molar-refractivity contribution in [1.82, 2.24) is 4.90 Å². The summed E-state index contributed by atoms with van der Waals surface area (Å²) in [5.74, 6) is -0.0361. The maximum atomic E-state index is 12.7. The summed E-state index contributed by atoms with van der Waals surface area (Å²) in [6.45, 7) is 3.48. The highest BCUT2D eigenvalue weighted by molar-refractivity contribution is 9.11. The van der Waals surface area contributed by atoms with Crippen molar-refractivity contribution in [2.75, 3.05) is 34.0 Å². The van der Waals surface area contributed by atoms with Gasteiger partial charge in [0.25, 0.3) is 5.91 Å². The fourth-order valence-electron chi connectivity index (χ4n) is 1.86. The third kappa shape index (κ3) is 4.84. The van der Waals surface area contributed by atoms with Crippen molar-refractivity contribution in [2.45, 2.75) is 13.0 Å². The van der Waals surface area contributed by atoms with Crippen molar-refractivity contribution in [1.29, 1.82) is 0 Å². The van der Waals surface area contributed by atoms with Gasteiger partial charge in [0.1, 0.15) is 0 Å². The zero-order valence-electron chi connectivity index (χ0n) is 11.9. The lowest BCUT2D eigenvalue weighted by Gasteiger charge is -2.29. The van der Waals surface area contributed by atoms with Gasteiger partial charge in [-0.3, -0.25) is 4.79 Å². The topological polar surface area (TPSA) is 38.8 Å². The SMILES string of the molecule is COCCN(C(=O)c1ccc(Br)cc1Br)C(C)COC. The number of carbonyl (C=O) groups excluding carboxylic acids is 1. The van der Waals surface area contributed by atoms with E-state index in [1.165, 1.54) is 0 Å². The number of hydrogen-bond acceptors (Lipinski definition) is 3. The molecule has 0 spiro atoms. The lowest BCUT2D eigenvalue weighted by Crippen LogP contribution is -2.43. The molecule has 0 saturated heterocycles. The highest BCUT2D eigenvalue weighted by atomic mass is 79.9. The highest BCUT2D eigenvalue weighted by Gasteiger charge is 2.23. The summed E-state index contributed by atoms with van der Waals surface area (Å²) >= 11 is 6.82. The lowest BCUT2D eigenvalue weighted by molar-refractivity contribution is 0.0478. The van der Waals surface area contributed by atoms with Gasteiger partial charge in [0.15, 0.2) is 0 Å². The van der Waals surface area contributed by atoms with E-state index in [2.05, 4.69) is 31.9 Å². The summed E-state index contributed by atoms with van der Waals surface area (Å²) in [6, 6.07) is 5.50. The van der Waals surface area contributed by atoms with Crippen LogP contribution in [-0.2, 0) is 9.47 Å². The second-order valence-corrected chi connectivity index (χ2v) is 6.19. The van der Waals surface area contributed by atoms with Crippen molar-refractivity contribution in [2.24, 2.45) is 0 Å². The Balaban J connectivity index is 2.96. The Bertz CT molecular complexity index is 454. The third-order valence-corrected chi connectivity index (χ3v) is 4.05. The predicted molar refractivity (Wildman–Crippen MR) is 86.1 cm³/mol. The van der Waals surface area contributed by atoms with Crippen LogP contribution in [-0.4, -0.2) is 50.8 Å². The van der Waals surface area contributed by atoms with E-state index in [-0.39, 0.29) is 11.9 Å². The number of nitrogens with zero attached hydrogens (tertiary/aromatic N) is 1. The third-order valence-electron chi connectivity index (χ3n) is 2.90. The molecule has 0 fully saturated rings. The molecule has 112 valence electrons. The molecule has 1 rings (SSSR count). The number of ether oxygens (including phenoxy) is 2. The summed E-state index contributed by atoms with van der Waals surface area (Å²) < 4.78 is 11.9. The molecule has 0 heterocycles. The fraction of sp³-hybridized carbons (Fsp3) is 0.500. The van der Waals surface area contributed by atoms with E-state index in [4.69, 9.17) is 9.47 Å². The van der Waals surface area contributed by atoms with E-state index in [1.54, 1.807) is 25.2 Å².